The quantitative estimate of drug-likeness (QED) is 0.792. The van der Waals surface area contributed by atoms with Crippen molar-refractivity contribution in [3.05, 3.63) is 29.8 Å². The third-order valence-corrected chi connectivity index (χ3v) is 4.81. The third kappa shape index (κ3) is 4.69. The first-order chi connectivity index (χ1) is 10.2. The lowest BCUT2D eigenvalue weighted by Gasteiger charge is -2.34. The fourth-order valence-corrected chi connectivity index (χ4v) is 3.48. The smallest absolute Gasteiger partial charge is 0.268 e. The van der Waals surface area contributed by atoms with Crippen molar-refractivity contribution < 1.29 is 25.8 Å². The van der Waals surface area contributed by atoms with Crippen molar-refractivity contribution in [2.24, 2.45) is 0 Å². The van der Waals surface area contributed by atoms with Crippen LogP contribution in [0.3, 0.4) is 0 Å². The van der Waals surface area contributed by atoms with Crippen molar-refractivity contribution >= 4 is 10.1 Å². The van der Waals surface area contributed by atoms with Crippen LogP contribution in [0.25, 0.3) is 0 Å². The van der Waals surface area contributed by atoms with Gasteiger partial charge in [0.25, 0.3) is 10.1 Å². The summed E-state index contributed by atoms with van der Waals surface area (Å²) < 4.78 is 67.1. The molecule has 124 valence electrons. The number of hydrogen-bond donors (Lipinski definition) is 0. The monoisotopic (exact) mass is 337 g/mol. The number of rotatable bonds is 4. The molecule has 0 amide bonds. The predicted molar refractivity (Wildman–Crippen MR) is 74.7 cm³/mol. The number of piperidine rings is 1. The highest BCUT2D eigenvalue weighted by atomic mass is 32.2. The Kier molecular flexibility index (Phi) is 5.14. The number of nitrogens with zero attached hydrogens (tertiary/aromatic N) is 1. The minimum absolute atomic E-state index is 0.0457. The lowest BCUT2D eigenvalue weighted by molar-refractivity contribution is -0.167. The molecule has 0 bridgehead atoms. The largest absolute Gasteiger partial charge is 0.401 e. The molecule has 1 atom stereocenters. The zero-order valence-electron chi connectivity index (χ0n) is 12.1. The van der Waals surface area contributed by atoms with Gasteiger partial charge in [0.15, 0.2) is 0 Å². The molecule has 8 heteroatoms. The molecule has 0 radical (unpaired) electrons. The molecular weight excluding hydrogens is 319 g/mol. The van der Waals surface area contributed by atoms with Crippen LogP contribution in [-0.4, -0.2) is 38.8 Å². The van der Waals surface area contributed by atoms with Gasteiger partial charge < -0.3 is 0 Å². The Hall–Kier alpha value is -1.12. The molecule has 2 rings (SSSR count). The molecule has 1 aliphatic rings. The maximum absolute atomic E-state index is 12.6. The standard InChI is InChI=1S/C14H18F3NO3S/c1-11-5-7-12(8-6-11)22(19,20)21-13-4-2-3-9-18(13)10-14(15,16)17/h5-8,13H,2-4,9-10H2,1H3. The Balaban J connectivity index is 2.13. The summed E-state index contributed by atoms with van der Waals surface area (Å²) in [4.78, 5) is 0.991. The molecule has 1 aliphatic heterocycles. The fraction of sp³-hybridized carbons (Fsp3) is 0.571. The minimum atomic E-state index is -4.38. The van der Waals surface area contributed by atoms with E-state index < -0.39 is 29.1 Å². The molecule has 1 unspecified atom stereocenters. The van der Waals surface area contributed by atoms with Crippen LogP contribution in [0.1, 0.15) is 24.8 Å². The van der Waals surface area contributed by atoms with E-state index in [0.717, 1.165) is 10.5 Å². The van der Waals surface area contributed by atoms with Gasteiger partial charge in [-0.25, -0.2) is 4.18 Å². The van der Waals surface area contributed by atoms with Gasteiger partial charge in [-0.2, -0.15) is 21.6 Å². The van der Waals surface area contributed by atoms with Crippen LogP contribution >= 0.6 is 0 Å². The molecular formula is C14H18F3NO3S. The van der Waals surface area contributed by atoms with Crippen LogP contribution in [0.2, 0.25) is 0 Å². The van der Waals surface area contributed by atoms with Crippen molar-refractivity contribution in [3.8, 4) is 0 Å². The molecule has 1 fully saturated rings. The molecule has 0 spiro atoms. The summed E-state index contributed by atoms with van der Waals surface area (Å²) in [6.45, 7) is 0.818. The van der Waals surface area contributed by atoms with Crippen LogP contribution in [0.15, 0.2) is 29.2 Å². The van der Waals surface area contributed by atoms with Gasteiger partial charge in [0, 0.05) is 6.54 Å². The van der Waals surface area contributed by atoms with Crippen LogP contribution in [-0.2, 0) is 14.3 Å². The van der Waals surface area contributed by atoms with E-state index in [4.69, 9.17) is 4.18 Å². The highest BCUT2D eigenvalue weighted by molar-refractivity contribution is 7.86. The van der Waals surface area contributed by atoms with Gasteiger partial charge in [-0.3, -0.25) is 4.90 Å². The Bertz CT molecular complexity index is 599. The van der Waals surface area contributed by atoms with Gasteiger partial charge in [0.2, 0.25) is 0 Å². The first kappa shape index (κ1) is 17.2. The van der Waals surface area contributed by atoms with Crippen molar-refractivity contribution in [1.82, 2.24) is 4.90 Å². The number of likely N-dealkylation sites (tertiary alicyclic amines) is 1. The van der Waals surface area contributed by atoms with Gasteiger partial charge in [0.05, 0.1) is 11.4 Å². The Morgan fingerprint density at radius 2 is 1.86 bits per heavy atom. The zero-order chi connectivity index (χ0) is 16.4. The average Bonchev–Trinajstić information content (AvgIpc) is 2.39. The molecule has 0 aliphatic carbocycles. The summed E-state index contributed by atoms with van der Waals surface area (Å²) in [5.74, 6) is 0. The molecule has 1 aromatic carbocycles. The van der Waals surface area contributed by atoms with Crippen molar-refractivity contribution in [2.75, 3.05) is 13.1 Å². The lowest BCUT2D eigenvalue weighted by atomic mass is 10.1. The second-order valence-electron chi connectivity index (χ2n) is 5.40. The topological polar surface area (TPSA) is 46.6 Å². The van der Waals surface area contributed by atoms with E-state index in [9.17, 15) is 21.6 Å². The SMILES string of the molecule is Cc1ccc(S(=O)(=O)OC2CCCCN2CC(F)(F)F)cc1. The molecule has 0 aromatic heterocycles. The van der Waals surface area contributed by atoms with Gasteiger partial charge >= 0.3 is 6.18 Å². The number of alkyl halides is 3. The maximum atomic E-state index is 12.6. The summed E-state index contributed by atoms with van der Waals surface area (Å²) >= 11 is 0. The number of hydrogen-bond acceptors (Lipinski definition) is 4. The molecule has 0 saturated carbocycles. The van der Waals surface area contributed by atoms with E-state index in [-0.39, 0.29) is 17.9 Å². The van der Waals surface area contributed by atoms with Gasteiger partial charge in [0.1, 0.15) is 6.23 Å². The number of aryl methyl sites for hydroxylation is 1. The highest BCUT2D eigenvalue weighted by Gasteiger charge is 2.37. The van der Waals surface area contributed by atoms with E-state index in [0.29, 0.717) is 12.8 Å². The summed E-state index contributed by atoms with van der Waals surface area (Å²) in [5, 5.41) is 0. The second kappa shape index (κ2) is 6.55. The van der Waals surface area contributed by atoms with Crippen LogP contribution in [0, 0.1) is 6.92 Å². The highest BCUT2D eigenvalue weighted by Crippen LogP contribution is 2.26. The second-order valence-corrected chi connectivity index (χ2v) is 6.97. The summed E-state index contributed by atoms with van der Waals surface area (Å²) in [7, 11) is -4.07. The van der Waals surface area contributed by atoms with Crippen LogP contribution < -0.4 is 0 Å². The van der Waals surface area contributed by atoms with Crippen LogP contribution in [0.4, 0.5) is 13.2 Å². The summed E-state index contributed by atoms with van der Waals surface area (Å²) in [5.41, 5.74) is 0.885. The molecule has 0 N–H and O–H groups in total. The Morgan fingerprint density at radius 3 is 2.45 bits per heavy atom. The van der Waals surface area contributed by atoms with E-state index in [1.54, 1.807) is 12.1 Å². The predicted octanol–water partition coefficient (Wildman–Crippen LogP) is 3.07. The third-order valence-electron chi connectivity index (χ3n) is 3.48. The van der Waals surface area contributed by atoms with E-state index in [1.807, 2.05) is 6.92 Å². The molecule has 22 heavy (non-hydrogen) atoms. The van der Waals surface area contributed by atoms with E-state index in [2.05, 4.69) is 0 Å². The van der Waals surface area contributed by atoms with Crippen molar-refractivity contribution in [3.63, 3.8) is 0 Å². The molecule has 1 saturated heterocycles. The van der Waals surface area contributed by atoms with Gasteiger partial charge in [-0.05, 0) is 38.3 Å². The summed E-state index contributed by atoms with van der Waals surface area (Å²) in [6.07, 6.45) is -3.95. The molecule has 4 nitrogen and oxygen atoms in total. The lowest BCUT2D eigenvalue weighted by Crippen LogP contribution is -2.46. The van der Waals surface area contributed by atoms with E-state index in [1.165, 1.54) is 12.1 Å². The number of benzene rings is 1. The average molecular weight is 337 g/mol. The first-order valence-corrected chi connectivity index (χ1v) is 8.39. The zero-order valence-corrected chi connectivity index (χ0v) is 13.0. The number of halogens is 3. The van der Waals surface area contributed by atoms with E-state index >= 15 is 0 Å². The maximum Gasteiger partial charge on any atom is 0.401 e. The first-order valence-electron chi connectivity index (χ1n) is 6.98. The van der Waals surface area contributed by atoms with Crippen molar-refractivity contribution in [2.45, 2.75) is 43.5 Å². The van der Waals surface area contributed by atoms with Crippen LogP contribution in [0.5, 0.6) is 0 Å². The van der Waals surface area contributed by atoms with Gasteiger partial charge in [-0.1, -0.05) is 17.7 Å². The van der Waals surface area contributed by atoms with Crippen molar-refractivity contribution in [1.29, 1.82) is 0 Å². The minimum Gasteiger partial charge on any atom is -0.268 e. The molecule has 1 aromatic rings. The van der Waals surface area contributed by atoms with Gasteiger partial charge in [-0.15, -0.1) is 0 Å². The fourth-order valence-electron chi connectivity index (χ4n) is 2.39. The summed E-state index contributed by atoms with van der Waals surface area (Å²) in [6, 6.07) is 6.01. The normalized spacial score (nSPS) is 21.0. The Labute approximate surface area is 128 Å². The Morgan fingerprint density at radius 1 is 1.23 bits per heavy atom. The molecule has 1 heterocycles.